The summed E-state index contributed by atoms with van der Waals surface area (Å²) in [5.74, 6) is -3.47. The van der Waals surface area contributed by atoms with Crippen molar-refractivity contribution in [2.75, 3.05) is 11.9 Å². The van der Waals surface area contributed by atoms with Crippen LogP contribution in [0.25, 0.3) is 0 Å². The van der Waals surface area contributed by atoms with Gasteiger partial charge in [-0.2, -0.15) is 0 Å². The van der Waals surface area contributed by atoms with Crippen molar-refractivity contribution >= 4 is 17.6 Å². The molecule has 0 radical (unpaired) electrons. The molecule has 7 heteroatoms. The predicted octanol–water partition coefficient (Wildman–Crippen LogP) is 0.794. The summed E-state index contributed by atoms with van der Waals surface area (Å²) in [4.78, 5) is 22.6. The molecule has 1 rings (SSSR count). The molecule has 3 N–H and O–H groups in total. The van der Waals surface area contributed by atoms with Gasteiger partial charge in [0.05, 0.1) is 12.3 Å². The minimum Gasteiger partial charge on any atom is -0.464 e. The lowest BCUT2D eigenvalue weighted by molar-refractivity contribution is -0.146. The highest BCUT2D eigenvalue weighted by atomic mass is 19.1. The van der Waals surface area contributed by atoms with Crippen molar-refractivity contribution in [2.45, 2.75) is 13.0 Å². The third-order valence-corrected chi connectivity index (χ3v) is 2.01. The Morgan fingerprint density at radius 1 is 1.44 bits per heavy atom. The third-order valence-electron chi connectivity index (χ3n) is 2.01. The van der Waals surface area contributed by atoms with Gasteiger partial charge < -0.3 is 15.8 Å². The van der Waals surface area contributed by atoms with E-state index in [0.29, 0.717) is 0 Å². The molecule has 98 valence electrons. The molecule has 1 aromatic carbocycles. The minimum atomic E-state index is -1.59. The van der Waals surface area contributed by atoms with Crippen LogP contribution in [-0.4, -0.2) is 24.5 Å². The number of hydrogen-bond donors (Lipinski definition) is 2. The van der Waals surface area contributed by atoms with Crippen LogP contribution < -0.4 is 11.1 Å². The normalized spacial score (nSPS) is 11.8. The van der Waals surface area contributed by atoms with Crippen molar-refractivity contribution in [1.29, 1.82) is 0 Å². The van der Waals surface area contributed by atoms with Gasteiger partial charge in [0, 0.05) is 6.07 Å². The number of ether oxygens (including phenoxy) is 1. The Morgan fingerprint density at radius 3 is 2.72 bits per heavy atom. The molecule has 1 aromatic rings. The van der Waals surface area contributed by atoms with Crippen molar-refractivity contribution < 1.29 is 23.1 Å². The number of rotatable bonds is 4. The van der Waals surface area contributed by atoms with Crippen molar-refractivity contribution in [3.63, 3.8) is 0 Å². The smallest absolute Gasteiger partial charge is 0.332 e. The Hall–Kier alpha value is -2.02. The highest BCUT2D eigenvalue weighted by molar-refractivity contribution is 6.08. The molecule has 0 aliphatic rings. The number of amides is 1. The molecule has 1 atom stereocenters. The topological polar surface area (TPSA) is 81.4 Å². The van der Waals surface area contributed by atoms with Gasteiger partial charge >= 0.3 is 5.97 Å². The average Bonchev–Trinajstić information content (AvgIpc) is 2.33. The Balaban J connectivity index is 2.75. The molecule has 18 heavy (non-hydrogen) atoms. The summed E-state index contributed by atoms with van der Waals surface area (Å²) < 4.78 is 30.6. The SMILES string of the molecule is CCOC(=O)C(N)C(=O)Nc1cc(F)ccc1F. The number of anilines is 1. The molecule has 0 bridgehead atoms. The molecule has 0 aliphatic carbocycles. The maximum atomic E-state index is 13.2. The maximum absolute atomic E-state index is 13.2. The number of halogens is 2. The minimum absolute atomic E-state index is 0.0636. The maximum Gasteiger partial charge on any atom is 0.332 e. The van der Waals surface area contributed by atoms with Gasteiger partial charge in [0.1, 0.15) is 11.6 Å². The first-order valence-corrected chi connectivity index (χ1v) is 5.13. The molecule has 5 nitrogen and oxygen atoms in total. The second-order valence-electron chi connectivity index (χ2n) is 3.34. The Morgan fingerprint density at radius 2 is 2.11 bits per heavy atom. The first-order valence-electron chi connectivity index (χ1n) is 5.13. The zero-order valence-corrected chi connectivity index (χ0v) is 9.57. The van der Waals surface area contributed by atoms with Crippen LogP contribution in [-0.2, 0) is 14.3 Å². The van der Waals surface area contributed by atoms with E-state index in [1.807, 2.05) is 5.32 Å². The summed E-state index contributed by atoms with van der Waals surface area (Å²) in [5.41, 5.74) is 4.89. The number of nitrogens with two attached hydrogens (primary N) is 1. The molecule has 0 fully saturated rings. The molecule has 0 aliphatic heterocycles. The second-order valence-corrected chi connectivity index (χ2v) is 3.34. The molecule has 0 heterocycles. The zero-order chi connectivity index (χ0) is 13.7. The van der Waals surface area contributed by atoms with Crippen LogP contribution in [0, 0.1) is 11.6 Å². The summed E-state index contributed by atoms with van der Waals surface area (Å²) in [6, 6.07) is 0.940. The summed E-state index contributed by atoms with van der Waals surface area (Å²) in [7, 11) is 0. The van der Waals surface area contributed by atoms with E-state index < -0.39 is 29.6 Å². The van der Waals surface area contributed by atoms with Gasteiger partial charge in [-0.05, 0) is 19.1 Å². The van der Waals surface area contributed by atoms with E-state index in [1.165, 1.54) is 0 Å². The van der Waals surface area contributed by atoms with Crippen LogP contribution in [0.5, 0.6) is 0 Å². The van der Waals surface area contributed by atoms with E-state index >= 15 is 0 Å². The standard InChI is InChI=1S/C11H12F2N2O3/c1-2-18-11(17)9(14)10(16)15-8-5-6(12)3-4-7(8)13/h3-5,9H,2,14H2,1H3,(H,15,16). The van der Waals surface area contributed by atoms with E-state index in [1.54, 1.807) is 6.92 Å². The van der Waals surface area contributed by atoms with Crippen LogP contribution >= 0.6 is 0 Å². The van der Waals surface area contributed by atoms with Gasteiger partial charge in [-0.3, -0.25) is 4.79 Å². The number of hydrogen-bond acceptors (Lipinski definition) is 4. The lowest BCUT2D eigenvalue weighted by Gasteiger charge is -2.11. The van der Waals surface area contributed by atoms with E-state index in [2.05, 4.69) is 4.74 Å². The number of nitrogens with one attached hydrogen (secondary N) is 1. The van der Waals surface area contributed by atoms with Gasteiger partial charge in [0.15, 0.2) is 6.04 Å². The lowest BCUT2D eigenvalue weighted by Crippen LogP contribution is -2.43. The largest absolute Gasteiger partial charge is 0.464 e. The van der Waals surface area contributed by atoms with E-state index in [4.69, 9.17) is 5.73 Å². The zero-order valence-electron chi connectivity index (χ0n) is 9.57. The number of carbonyl (C=O) groups is 2. The quantitative estimate of drug-likeness (QED) is 0.618. The fourth-order valence-electron chi connectivity index (χ4n) is 1.14. The molecular weight excluding hydrogens is 246 g/mol. The molecule has 0 spiro atoms. The molecule has 1 amide bonds. The first-order chi connectivity index (χ1) is 8.45. The van der Waals surface area contributed by atoms with Gasteiger partial charge in [-0.15, -0.1) is 0 Å². The van der Waals surface area contributed by atoms with Gasteiger partial charge in [0.25, 0.3) is 5.91 Å². The number of esters is 1. The summed E-state index contributed by atoms with van der Waals surface area (Å²) in [5, 5.41) is 2.01. The van der Waals surface area contributed by atoms with Crippen molar-refractivity contribution in [2.24, 2.45) is 5.73 Å². The van der Waals surface area contributed by atoms with Gasteiger partial charge in [-0.25, -0.2) is 13.6 Å². The number of benzene rings is 1. The third kappa shape index (κ3) is 3.49. The van der Waals surface area contributed by atoms with Crippen LogP contribution in [0.4, 0.5) is 14.5 Å². The summed E-state index contributed by atoms with van der Waals surface area (Å²) in [6.45, 7) is 1.61. The Labute approximate surface area is 102 Å². The molecule has 0 saturated carbocycles. The fraction of sp³-hybridized carbons (Fsp3) is 0.273. The van der Waals surface area contributed by atoms with Crippen molar-refractivity contribution in [1.82, 2.24) is 0 Å². The van der Waals surface area contributed by atoms with Gasteiger partial charge in [-0.1, -0.05) is 0 Å². The molecule has 0 aromatic heterocycles. The van der Waals surface area contributed by atoms with Crippen LogP contribution in [0.15, 0.2) is 18.2 Å². The predicted molar refractivity (Wildman–Crippen MR) is 59.6 cm³/mol. The van der Waals surface area contributed by atoms with Crippen LogP contribution in [0.3, 0.4) is 0 Å². The van der Waals surface area contributed by atoms with Gasteiger partial charge in [0.2, 0.25) is 0 Å². The average molecular weight is 258 g/mol. The Bertz CT molecular complexity index is 466. The monoisotopic (exact) mass is 258 g/mol. The number of carbonyl (C=O) groups excluding carboxylic acids is 2. The highest BCUT2D eigenvalue weighted by Crippen LogP contribution is 2.15. The van der Waals surface area contributed by atoms with E-state index in [0.717, 1.165) is 18.2 Å². The summed E-state index contributed by atoms with van der Waals surface area (Å²) in [6.07, 6.45) is 0. The lowest BCUT2D eigenvalue weighted by atomic mass is 10.2. The van der Waals surface area contributed by atoms with Crippen molar-refractivity contribution in [3.05, 3.63) is 29.8 Å². The van der Waals surface area contributed by atoms with Crippen molar-refractivity contribution in [3.8, 4) is 0 Å². The Kier molecular flexibility index (Phi) is 4.73. The molecular formula is C11H12F2N2O3. The second kappa shape index (κ2) is 6.06. The van der Waals surface area contributed by atoms with E-state index in [9.17, 15) is 18.4 Å². The van der Waals surface area contributed by atoms with Crippen LogP contribution in [0.1, 0.15) is 6.92 Å². The fourth-order valence-corrected chi connectivity index (χ4v) is 1.14. The first kappa shape index (κ1) is 14.0. The molecule has 1 unspecified atom stereocenters. The molecule has 0 saturated heterocycles. The van der Waals surface area contributed by atoms with E-state index in [-0.39, 0.29) is 12.3 Å². The van der Waals surface area contributed by atoms with Crippen LogP contribution in [0.2, 0.25) is 0 Å². The highest BCUT2D eigenvalue weighted by Gasteiger charge is 2.24. The summed E-state index contributed by atoms with van der Waals surface area (Å²) >= 11 is 0.